The summed E-state index contributed by atoms with van der Waals surface area (Å²) >= 11 is 0. The maximum absolute atomic E-state index is 16.7. The molecular weight excluding hydrogens is 616 g/mol. The minimum absolute atomic E-state index is 0.0274. The van der Waals surface area contributed by atoms with Crippen molar-refractivity contribution in [1.29, 1.82) is 0 Å². The first-order valence-corrected chi connectivity index (χ1v) is 15.1. The number of benzene rings is 2. The molecule has 9 nitrogen and oxygen atoms in total. The van der Waals surface area contributed by atoms with Crippen molar-refractivity contribution in [3.63, 3.8) is 0 Å². The summed E-state index contributed by atoms with van der Waals surface area (Å²) in [5, 5.41) is 11.1. The van der Waals surface area contributed by atoms with Crippen LogP contribution < -0.4 is 9.64 Å². The number of aromatic nitrogens is 3. The second-order valence-corrected chi connectivity index (χ2v) is 11.9. The first-order chi connectivity index (χ1) is 22.4. The predicted octanol–water partition coefficient (Wildman–Crippen LogP) is 5.14. The van der Waals surface area contributed by atoms with E-state index in [0.29, 0.717) is 5.39 Å². The van der Waals surface area contributed by atoms with Gasteiger partial charge < -0.3 is 24.5 Å². The number of amides is 1. The van der Waals surface area contributed by atoms with E-state index in [0.717, 1.165) is 36.4 Å². The Kier molecular flexibility index (Phi) is 8.40. The van der Waals surface area contributed by atoms with Gasteiger partial charge in [0.05, 0.1) is 10.9 Å². The van der Waals surface area contributed by atoms with Crippen LogP contribution in [0.25, 0.3) is 32.9 Å². The van der Waals surface area contributed by atoms with E-state index in [4.69, 9.17) is 11.2 Å². The summed E-state index contributed by atoms with van der Waals surface area (Å²) in [7, 11) is 3.46. The van der Waals surface area contributed by atoms with Crippen LogP contribution in [0.4, 0.5) is 23.4 Å². The van der Waals surface area contributed by atoms with E-state index in [1.54, 1.807) is 0 Å². The highest BCUT2D eigenvalue weighted by molar-refractivity contribution is 6.03. The number of likely N-dealkylation sites (tertiary alicyclic amines) is 2. The molecule has 0 unspecified atom stereocenters. The zero-order valence-corrected chi connectivity index (χ0v) is 25.8. The molecule has 0 aliphatic carbocycles. The van der Waals surface area contributed by atoms with E-state index >= 15 is 13.2 Å². The number of likely N-dealkylation sites (N-methyl/N-ethyl adjacent to an activating group) is 2. The lowest BCUT2D eigenvalue weighted by atomic mass is 9.96. The molecule has 13 heteroatoms. The smallest absolute Gasteiger partial charge is 0.319 e. The zero-order chi connectivity index (χ0) is 33.6. The number of carbonyl (C=O) groups is 1. The number of halogens is 4. The van der Waals surface area contributed by atoms with E-state index in [-0.39, 0.29) is 76.4 Å². The van der Waals surface area contributed by atoms with Gasteiger partial charge in [0.1, 0.15) is 41.2 Å². The molecule has 4 heterocycles. The molecule has 2 aliphatic rings. The quantitative estimate of drug-likeness (QED) is 0.160. The van der Waals surface area contributed by atoms with Crippen molar-refractivity contribution in [2.75, 3.05) is 45.2 Å². The summed E-state index contributed by atoms with van der Waals surface area (Å²) in [6.07, 6.45) is 9.23. The van der Waals surface area contributed by atoms with Gasteiger partial charge in [0.15, 0.2) is 5.82 Å². The fourth-order valence-electron chi connectivity index (χ4n) is 6.46. The third-order valence-electron chi connectivity index (χ3n) is 8.99. The minimum Gasteiger partial charge on any atom is -0.508 e. The van der Waals surface area contributed by atoms with Gasteiger partial charge in [0.2, 0.25) is 5.91 Å². The largest absolute Gasteiger partial charge is 0.508 e. The number of nitrogens with zero attached hydrogens (tertiary/aromatic N) is 6. The molecule has 0 saturated carbocycles. The number of rotatable bonds is 8. The number of terminal acetylenes is 1. The van der Waals surface area contributed by atoms with Crippen LogP contribution in [0.2, 0.25) is 0 Å². The van der Waals surface area contributed by atoms with Gasteiger partial charge in [-0.1, -0.05) is 18.6 Å². The van der Waals surface area contributed by atoms with Gasteiger partial charge in [-0.05, 0) is 56.1 Å². The number of anilines is 1. The first-order valence-electron chi connectivity index (χ1n) is 15.1. The van der Waals surface area contributed by atoms with Crippen LogP contribution in [-0.2, 0) is 4.79 Å². The zero-order valence-electron chi connectivity index (χ0n) is 25.8. The van der Waals surface area contributed by atoms with E-state index in [9.17, 15) is 14.3 Å². The van der Waals surface area contributed by atoms with Gasteiger partial charge in [-0.2, -0.15) is 9.97 Å². The Balaban J connectivity index is 1.49. The summed E-state index contributed by atoms with van der Waals surface area (Å²) in [5.74, 6) is -3.36. The van der Waals surface area contributed by atoms with E-state index in [2.05, 4.69) is 32.4 Å². The van der Waals surface area contributed by atoms with Gasteiger partial charge >= 0.3 is 6.01 Å². The van der Waals surface area contributed by atoms with Crippen LogP contribution in [0.1, 0.15) is 24.8 Å². The number of carbonyl (C=O) groups excluding carboxylic acids is 1. The normalized spacial score (nSPS) is 19.3. The van der Waals surface area contributed by atoms with Crippen molar-refractivity contribution in [1.82, 2.24) is 24.8 Å². The Labute approximate surface area is 268 Å². The highest BCUT2D eigenvalue weighted by Crippen LogP contribution is 2.40. The van der Waals surface area contributed by atoms with Crippen LogP contribution >= 0.6 is 0 Å². The molecule has 2 fully saturated rings. The van der Waals surface area contributed by atoms with Gasteiger partial charge in [-0.25, -0.2) is 17.6 Å². The van der Waals surface area contributed by atoms with Gasteiger partial charge in [0, 0.05) is 49.7 Å². The van der Waals surface area contributed by atoms with Gasteiger partial charge in [0.25, 0.3) is 5.92 Å². The molecule has 0 spiro atoms. The number of ether oxygens (including phenoxy) is 1. The number of aromatic hydroxyl groups is 1. The maximum atomic E-state index is 16.7. The summed E-state index contributed by atoms with van der Waals surface area (Å²) in [4.78, 5) is 30.2. The average Bonchev–Trinajstić information content (AvgIpc) is 3.60. The molecule has 1 N–H and O–H groups in total. The van der Waals surface area contributed by atoms with Crippen molar-refractivity contribution >= 4 is 33.4 Å². The third kappa shape index (κ3) is 5.78. The fraction of sp³-hybridized carbons (Fsp3) is 0.353. The number of alkyl halides is 2. The predicted molar refractivity (Wildman–Crippen MR) is 169 cm³/mol. The lowest BCUT2D eigenvalue weighted by molar-refractivity contribution is -0.130. The number of fused-ring (bicyclic) bond motifs is 2. The van der Waals surface area contributed by atoms with Crippen LogP contribution in [-0.4, -0.2) is 94.1 Å². The molecule has 2 aromatic carbocycles. The molecule has 2 aromatic heterocycles. The number of phenolic OH excluding ortho intramolecular Hbond substituents is 1. The fourth-order valence-corrected chi connectivity index (χ4v) is 6.46. The summed E-state index contributed by atoms with van der Waals surface area (Å²) in [5.41, 5.74) is -0.629. The van der Waals surface area contributed by atoms with Crippen molar-refractivity contribution in [3.8, 4) is 35.4 Å². The topological polar surface area (TPSA) is 94.9 Å². The van der Waals surface area contributed by atoms with Crippen molar-refractivity contribution < 1.29 is 32.2 Å². The number of hydrogen-bond donors (Lipinski definition) is 1. The minimum atomic E-state index is -3.20. The SMILES string of the molecule is C#Cc1c(F)ccc2cc(O)cc(-c3ncc4c(N(C)C[C@H]5N(C(=O)C=C)CCC5(F)F)nc(OC[C@@H]5CCCN5C)nc4c3F)c12. The van der Waals surface area contributed by atoms with E-state index < -0.39 is 35.9 Å². The van der Waals surface area contributed by atoms with Gasteiger partial charge in [-0.15, -0.1) is 6.42 Å². The Hall–Kier alpha value is -4.96. The highest BCUT2D eigenvalue weighted by atomic mass is 19.3. The highest BCUT2D eigenvalue weighted by Gasteiger charge is 2.50. The Bertz CT molecular complexity index is 1950. The molecule has 1 amide bonds. The van der Waals surface area contributed by atoms with E-state index in [1.807, 2.05) is 7.05 Å². The molecule has 2 aliphatic heterocycles. The molecule has 6 rings (SSSR count). The Morgan fingerprint density at radius 2 is 2.06 bits per heavy atom. The maximum Gasteiger partial charge on any atom is 0.319 e. The van der Waals surface area contributed by atoms with Crippen LogP contribution in [0.3, 0.4) is 0 Å². The average molecular weight is 649 g/mol. The van der Waals surface area contributed by atoms with Crippen LogP contribution in [0.15, 0.2) is 43.1 Å². The Morgan fingerprint density at radius 1 is 1.28 bits per heavy atom. The number of pyridine rings is 1. The van der Waals surface area contributed by atoms with E-state index in [1.165, 1.54) is 36.3 Å². The lowest BCUT2D eigenvalue weighted by Gasteiger charge is -2.31. The summed E-state index contributed by atoms with van der Waals surface area (Å²) in [6, 6.07) is 3.54. The monoisotopic (exact) mass is 648 g/mol. The van der Waals surface area contributed by atoms with Crippen molar-refractivity contribution in [2.45, 2.75) is 37.3 Å². The second-order valence-electron chi connectivity index (χ2n) is 11.9. The van der Waals surface area contributed by atoms with Crippen molar-refractivity contribution in [3.05, 3.63) is 60.3 Å². The molecule has 0 bridgehead atoms. The number of hydrogen-bond acceptors (Lipinski definition) is 8. The lowest BCUT2D eigenvalue weighted by Crippen LogP contribution is -2.48. The Morgan fingerprint density at radius 3 is 2.77 bits per heavy atom. The van der Waals surface area contributed by atoms with Gasteiger partial charge in [-0.3, -0.25) is 9.78 Å². The second kappa shape index (κ2) is 12.3. The molecular formula is C34H32F4N6O3. The molecule has 4 aromatic rings. The molecule has 244 valence electrons. The summed E-state index contributed by atoms with van der Waals surface area (Å²) in [6.45, 7) is 4.02. The number of phenols is 1. The molecule has 2 saturated heterocycles. The van der Waals surface area contributed by atoms with Crippen LogP contribution in [0, 0.1) is 24.0 Å². The molecule has 0 radical (unpaired) electrons. The first kappa shape index (κ1) is 32.0. The standard InChI is InChI=1S/C34H32F4N6O3/c1-5-22-25(35)10-9-19-14-21(45)15-23(28(19)22)30-29(36)31-24(16-39-30)32(41-33(40-31)47-18-20-8-7-12-42(20)3)43(4)17-26-34(37,38)11-13-44(26)27(46)6-2/h1,6,9-10,14-16,20,26,45H,2,7-8,11-13,17-18H2,3-4H3/t20-,26+/m0/s1. The molecule has 2 atom stereocenters. The van der Waals surface area contributed by atoms with Crippen molar-refractivity contribution in [2.24, 2.45) is 0 Å². The third-order valence-corrected chi connectivity index (χ3v) is 8.99. The molecule has 47 heavy (non-hydrogen) atoms. The summed E-state index contributed by atoms with van der Waals surface area (Å²) < 4.78 is 67.5. The van der Waals surface area contributed by atoms with Crippen LogP contribution in [0.5, 0.6) is 11.8 Å².